The topological polar surface area (TPSA) is 51.8 Å². The minimum atomic E-state index is 0.671. The molecule has 11 rings (SSSR count). The lowest BCUT2D eigenvalue weighted by molar-refractivity contribution is 0.670. The molecule has 0 saturated carbocycles. The van der Waals surface area contributed by atoms with Gasteiger partial charge in [-0.25, -0.2) is 9.97 Å². The van der Waals surface area contributed by atoms with Crippen LogP contribution >= 0.6 is 11.3 Å². The second-order valence-corrected chi connectivity index (χ2v) is 15.1. The van der Waals surface area contributed by atoms with E-state index in [0.717, 1.165) is 72.3 Å². The van der Waals surface area contributed by atoms with E-state index in [2.05, 4.69) is 151 Å². The average Bonchev–Trinajstić information content (AvgIpc) is 3.85. The van der Waals surface area contributed by atoms with Gasteiger partial charge < -0.3 is 4.42 Å². The molecular weight excluding hydrogens is 703 g/mol. The summed E-state index contributed by atoms with van der Waals surface area (Å²) in [5.74, 6) is 0.671. The van der Waals surface area contributed by atoms with Crippen molar-refractivity contribution in [2.75, 3.05) is 0 Å². The van der Waals surface area contributed by atoms with Gasteiger partial charge in [0.15, 0.2) is 5.82 Å². The Morgan fingerprint density at radius 2 is 1.07 bits per heavy atom. The number of benzene rings is 7. The Balaban J connectivity index is 1.01. The van der Waals surface area contributed by atoms with E-state index in [4.69, 9.17) is 14.4 Å². The van der Waals surface area contributed by atoms with Crippen LogP contribution in [0.2, 0.25) is 0 Å². The first-order valence-electron chi connectivity index (χ1n) is 18.7. The normalized spacial score (nSPS) is 11.6. The molecule has 4 aromatic heterocycles. The fraction of sp³-hybridized carbons (Fsp3) is 0. The molecule has 0 aliphatic carbocycles. The Bertz CT molecular complexity index is 3240. The van der Waals surface area contributed by atoms with E-state index in [0.29, 0.717) is 5.82 Å². The van der Waals surface area contributed by atoms with E-state index in [1.807, 2.05) is 47.9 Å². The number of hydrogen-bond donors (Lipinski definition) is 0. The number of pyridine rings is 1. The maximum absolute atomic E-state index is 6.70. The maximum atomic E-state index is 6.70. The molecule has 0 atom stereocenters. The van der Waals surface area contributed by atoms with Gasteiger partial charge in [0.1, 0.15) is 11.2 Å². The minimum Gasteiger partial charge on any atom is -0.455 e. The Kier molecular flexibility index (Phi) is 7.64. The summed E-state index contributed by atoms with van der Waals surface area (Å²) in [4.78, 5) is 14.6. The van der Waals surface area contributed by atoms with Crippen LogP contribution in [0.1, 0.15) is 0 Å². The van der Waals surface area contributed by atoms with Crippen LogP contribution in [-0.2, 0) is 0 Å². The van der Waals surface area contributed by atoms with Gasteiger partial charge >= 0.3 is 0 Å². The standard InChI is InChI=1S/C51H31N3OS/c1-2-10-33(11-3-1)44-30-45(54-51(53-44)37-13-8-12-35(28-37)38-14-9-27-52-31-38)34-21-19-32(20-22-34)40-26-25-39(49-43-16-4-6-17-46(43)55-50(40)49)36-23-24-42-41-15-5-7-18-47(41)56-48(42)29-36/h1-31H. The summed E-state index contributed by atoms with van der Waals surface area (Å²) in [6.45, 7) is 0. The third-order valence-electron chi connectivity index (χ3n) is 10.6. The van der Waals surface area contributed by atoms with Crippen molar-refractivity contribution in [2.24, 2.45) is 0 Å². The molecule has 4 nitrogen and oxygen atoms in total. The van der Waals surface area contributed by atoms with Crippen molar-refractivity contribution >= 4 is 53.4 Å². The van der Waals surface area contributed by atoms with E-state index < -0.39 is 0 Å². The predicted molar refractivity (Wildman–Crippen MR) is 233 cm³/mol. The van der Waals surface area contributed by atoms with Crippen LogP contribution in [0.4, 0.5) is 0 Å². The van der Waals surface area contributed by atoms with Gasteiger partial charge in [-0.15, -0.1) is 11.3 Å². The van der Waals surface area contributed by atoms with Gasteiger partial charge in [0.05, 0.1) is 11.4 Å². The third-order valence-corrected chi connectivity index (χ3v) is 11.8. The highest BCUT2D eigenvalue weighted by Gasteiger charge is 2.19. The van der Waals surface area contributed by atoms with Crippen molar-refractivity contribution in [3.05, 3.63) is 188 Å². The summed E-state index contributed by atoms with van der Waals surface area (Å²) in [5.41, 5.74) is 13.1. The fourth-order valence-electron chi connectivity index (χ4n) is 7.86. The van der Waals surface area contributed by atoms with E-state index >= 15 is 0 Å². The lowest BCUT2D eigenvalue weighted by Gasteiger charge is -2.12. The zero-order chi connectivity index (χ0) is 37.0. The van der Waals surface area contributed by atoms with Gasteiger partial charge in [-0.05, 0) is 64.7 Å². The molecule has 0 fully saturated rings. The number of thiophene rings is 1. The molecule has 56 heavy (non-hydrogen) atoms. The number of nitrogens with zero attached hydrogens (tertiary/aromatic N) is 3. The van der Waals surface area contributed by atoms with E-state index in [9.17, 15) is 0 Å². The molecule has 11 aromatic rings. The van der Waals surface area contributed by atoms with Crippen LogP contribution in [0.3, 0.4) is 0 Å². The van der Waals surface area contributed by atoms with Gasteiger partial charge in [0.2, 0.25) is 0 Å². The Hall–Kier alpha value is -7.21. The molecule has 0 N–H and O–H groups in total. The monoisotopic (exact) mass is 733 g/mol. The van der Waals surface area contributed by atoms with Gasteiger partial charge in [-0.3, -0.25) is 4.98 Å². The molecule has 4 heterocycles. The molecule has 7 aromatic carbocycles. The van der Waals surface area contributed by atoms with Gasteiger partial charge in [0, 0.05) is 71.2 Å². The lowest BCUT2D eigenvalue weighted by atomic mass is 9.94. The van der Waals surface area contributed by atoms with E-state index in [1.54, 1.807) is 6.20 Å². The molecule has 262 valence electrons. The van der Waals surface area contributed by atoms with Crippen molar-refractivity contribution in [3.63, 3.8) is 0 Å². The van der Waals surface area contributed by atoms with E-state index in [1.165, 1.54) is 31.3 Å². The number of para-hydroxylation sites is 1. The van der Waals surface area contributed by atoms with E-state index in [-0.39, 0.29) is 0 Å². The summed E-state index contributed by atoms with van der Waals surface area (Å²) in [6, 6.07) is 61.7. The Morgan fingerprint density at radius 3 is 1.91 bits per heavy atom. The van der Waals surface area contributed by atoms with Gasteiger partial charge in [-0.1, -0.05) is 133 Å². The van der Waals surface area contributed by atoms with Crippen LogP contribution in [0.5, 0.6) is 0 Å². The van der Waals surface area contributed by atoms with Crippen molar-refractivity contribution in [1.82, 2.24) is 15.0 Å². The summed E-state index contributed by atoms with van der Waals surface area (Å²) in [6.07, 6.45) is 3.67. The quantitative estimate of drug-likeness (QED) is 0.171. The number of furan rings is 1. The molecule has 0 saturated heterocycles. The highest BCUT2D eigenvalue weighted by molar-refractivity contribution is 7.25. The van der Waals surface area contributed by atoms with Gasteiger partial charge in [0.25, 0.3) is 0 Å². The SMILES string of the molecule is c1ccc(-c2cc(-c3ccc(-c4ccc(-c5ccc6c(c5)sc5ccccc56)c5c4oc4ccccc45)cc3)nc(-c3cccc(-c4cccnc4)c3)n2)cc1. The number of hydrogen-bond acceptors (Lipinski definition) is 5. The minimum absolute atomic E-state index is 0.671. The van der Waals surface area contributed by atoms with Crippen molar-refractivity contribution in [2.45, 2.75) is 0 Å². The zero-order valence-corrected chi connectivity index (χ0v) is 30.9. The molecular formula is C51H31N3OS. The lowest BCUT2D eigenvalue weighted by Crippen LogP contribution is -1.96. The first-order valence-corrected chi connectivity index (χ1v) is 19.5. The number of rotatable bonds is 6. The average molecular weight is 734 g/mol. The first kappa shape index (κ1) is 32.2. The molecule has 0 radical (unpaired) electrons. The molecule has 0 aliphatic rings. The highest BCUT2D eigenvalue weighted by atomic mass is 32.1. The van der Waals surface area contributed by atoms with Crippen molar-refractivity contribution < 1.29 is 4.42 Å². The zero-order valence-electron chi connectivity index (χ0n) is 30.1. The van der Waals surface area contributed by atoms with Gasteiger partial charge in [-0.2, -0.15) is 0 Å². The second-order valence-electron chi connectivity index (χ2n) is 14.0. The maximum Gasteiger partial charge on any atom is 0.160 e. The van der Waals surface area contributed by atoms with Crippen LogP contribution in [-0.4, -0.2) is 15.0 Å². The van der Waals surface area contributed by atoms with Crippen LogP contribution in [0.15, 0.2) is 193 Å². The molecule has 0 aliphatic heterocycles. The molecule has 5 heteroatoms. The molecule has 0 amide bonds. The largest absolute Gasteiger partial charge is 0.455 e. The predicted octanol–water partition coefficient (Wildman–Crippen LogP) is 14.1. The molecule has 0 unspecified atom stereocenters. The summed E-state index contributed by atoms with van der Waals surface area (Å²) in [7, 11) is 0. The van der Waals surface area contributed by atoms with Crippen molar-refractivity contribution in [3.8, 4) is 67.3 Å². The summed E-state index contributed by atoms with van der Waals surface area (Å²) >= 11 is 1.84. The van der Waals surface area contributed by atoms with Crippen LogP contribution < -0.4 is 0 Å². The fourth-order valence-corrected chi connectivity index (χ4v) is 9.01. The third kappa shape index (κ3) is 5.56. The van der Waals surface area contributed by atoms with Crippen LogP contribution in [0.25, 0.3) is 109 Å². The Morgan fingerprint density at radius 1 is 0.411 bits per heavy atom. The summed E-state index contributed by atoms with van der Waals surface area (Å²) in [5, 5.41) is 4.84. The van der Waals surface area contributed by atoms with Crippen LogP contribution in [0, 0.1) is 0 Å². The smallest absolute Gasteiger partial charge is 0.160 e. The summed E-state index contributed by atoms with van der Waals surface area (Å²) < 4.78 is 9.29. The highest BCUT2D eigenvalue weighted by Crippen LogP contribution is 2.44. The number of aromatic nitrogens is 3. The molecule has 0 spiro atoms. The first-order chi connectivity index (χ1) is 27.7. The second kappa shape index (κ2) is 13.3. The number of fused-ring (bicyclic) bond motifs is 6. The Labute approximate surface area is 327 Å². The molecule has 0 bridgehead atoms. The van der Waals surface area contributed by atoms with Crippen molar-refractivity contribution in [1.29, 1.82) is 0 Å².